The van der Waals surface area contributed by atoms with E-state index < -0.39 is 0 Å². The molecule has 0 bridgehead atoms. The van der Waals surface area contributed by atoms with Crippen LogP contribution in [0.15, 0.2) is 72.9 Å². The zero-order valence-corrected chi connectivity index (χ0v) is 19.1. The number of benzene rings is 1. The molecule has 1 atom stereocenters. The van der Waals surface area contributed by atoms with Gasteiger partial charge >= 0.3 is 0 Å². The van der Waals surface area contributed by atoms with E-state index in [1.807, 2.05) is 64.8 Å². The Kier molecular flexibility index (Phi) is 5.27. The van der Waals surface area contributed by atoms with E-state index in [1.54, 1.807) is 28.5 Å². The highest BCUT2D eigenvalue weighted by Gasteiger charge is 2.27. The molecular weight excluding hydrogens is 448 g/mol. The van der Waals surface area contributed by atoms with Gasteiger partial charge in [0.05, 0.1) is 11.6 Å². The van der Waals surface area contributed by atoms with Gasteiger partial charge < -0.3 is 10.2 Å². The van der Waals surface area contributed by atoms with Crippen LogP contribution in [-0.2, 0) is 4.79 Å². The standard InChI is InChI=1S/C24H22N8OS/c33-23(28-19-6-4-17(5-7-19)20-15-31-11-12-34-24(31)29-20)18-3-1-9-30(14-18)21-13-22(26-16-25-21)32-10-2-8-27-32/h2,4-8,10-13,15-16,18H,1,3,9,14H2,(H,28,33). The third-order valence-electron chi connectivity index (χ3n) is 6.03. The summed E-state index contributed by atoms with van der Waals surface area (Å²) in [7, 11) is 0. The molecule has 0 aliphatic carbocycles. The minimum atomic E-state index is -0.114. The molecule has 5 heterocycles. The Morgan fingerprint density at radius 3 is 2.82 bits per heavy atom. The van der Waals surface area contributed by atoms with Crippen molar-refractivity contribution in [1.29, 1.82) is 0 Å². The molecule has 9 nitrogen and oxygen atoms in total. The molecule has 0 spiro atoms. The zero-order chi connectivity index (χ0) is 22.9. The number of thiazole rings is 1. The third-order valence-corrected chi connectivity index (χ3v) is 6.81. The highest BCUT2D eigenvalue weighted by atomic mass is 32.1. The molecule has 1 aliphatic heterocycles. The van der Waals surface area contributed by atoms with Gasteiger partial charge in [-0.15, -0.1) is 11.3 Å². The van der Waals surface area contributed by atoms with Gasteiger partial charge in [-0.2, -0.15) is 5.10 Å². The topological polar surface area (TPSA) is 93.2 Å². The maximum absolute atomic E-state index is 13.0. The van der Waals surface area contributed by atoms with Crippen LogP contribution in [0.2, 0.25) is 0 Å². The van der Waals surface area contributed by atoms with Crippen molar-refractivity contribution in [3.63, 3.8) is 0 Å². The van der Waals surface area contributed by atoms with Gasteiger partial charge in [0.2, 0.25) is 5.91 Å². The number of fused-ring (bicyclic) bond motifs is 1. The van der Waals surface area contributed by atoms with E-state index in [9.17, 15) is 4.79 Å². The third kappa shape index (κ3) is 4.03. The fourth-order valence-corrected chi connectivity index (χ4v) is 4.97. The van der Waals surface area contributed by atoms with E-state index in [1.165, 1.54) is 0 Å². The Hall–Kier alpha value is -4.05. The van der Waals surface area contributed by atoms with Crippen LogP contribution in [0.4, 0.5) is 11.5 Å². The van der Waals surface area contributed by atoms with Gasteiger partial charge in [-0.05, 0) is 31.0 Å². The SMILES string of the molecule is O=C(Nc1ccc(-c2cn3ccsc3n2)cc1)C1CCCN(c2cc(-n3cccn3)ncn2)C1. The van der Waals surface area contributed by atoms with Crippen LogP contribution >= 0.6 is 11.3 Å². The van der Waals surface area contributed by atoms with E-state index in [0.717, 1.165) is 47.1 Å². The van der Waals surface area contributed by atoms with E-state index in [2.05, 4.69) is 30.3 Å². The summed E-state index contributed by atoms with van der Waals surface area (Å²) in [6.07, 6.45) is 10.9. The number of imidazole rings is 1. The Morgan fingerprint density at radius 1 is 1.12 bits per heavy atom. The summed E-state index contributed by atoms with van der Waals surface area (Å²) >= 11 is 1.61. The lowest BCUT2D eigenvalue weighted by molar-refractivity contribution is -0.120. The van der Waals surface area contributed by atoms with Crippen molar-refractivity contribution in [1.82, 2.24) is 29.1 Å². The normalized spacial score (nSPS) is 16.1. The first-order chi connectivity index (χ1) is 16.7. The number of carbonyl (C=O) groups excluding carboxylic acids is 1. The van der Waals surface area contributed by atoms with E-state index >= 15 is 0 Å². The summed E-state index contributed by atoms with van der Waals surface area (Å²) < 4.78 is 3.72. The lowest BCUT2D eigenvalue weighted by Crippen LogP contribution is -2.41. The molecule has 0 radical (unpaired) electrons. The molecule has 0 saturated carbocycles. The second kappa shape index (κ2) is 8.71. The van der Waals surface area contributed by atoms with Gasteiger partial charge in [0, 0.05) is 60.6 Å². The molecule has 1 aromatic carbocycles. The Labute approximate surface area is 199 Å². The molecule has 1 N–H and O–H groups in total. The van der Waals surface area contributed by atoms with Crippen LogP contribution in [0.5, 0.6) is 0 Å². The fraction of sp³-hybridized carbons (Fsp3) is 0.208. The van der Waals surface area contributed by atoms with Crippen LogP contribution in [0.1, 0.15) is 12.8 Å². The first-order valence-electron chi connectivity index (χ1n) is 11.1. The van der Waals surface area contributed by atoms with Crippen LogP contribution in [0.25, 0.3) is 22.0 Å². The van der Waals surface area contributed by atoms with Crippen LogP contribution < -0.4 is 10.2 Å². The predicted octanol–water partition coefficient (Wildman–Crippen LogP) is 3.89. The summed E-state index contributed by atoms with van der Waals surface area (Å²) in [5.41, 5.74) is 2.73. The van der Waals surface area contributed by atoms with Crippen molar-refractivity contribution in [3.05, 3.63) is 72.9 Å². The average Bonchev–Trinajstić information content (AvgIpc) is 3.63. The summed E-state index contributed by atoms with van der Waals surface area (Å²) in [5, 5.41) is 9.33. The molecule has 1 aliphatic rings. The Bertz CT molecular complexity index is 1390. The van der Waals surface area contributed by atoms with Crippen molar-refractivity contribution in [2.45, 2.75) is 12.8 Å². The summed E-state index contributed by atoms with van der Waals surface area (Å²) in [6.45, 7) is 1.47. The molecule has 1 amide bonds. The van der Waals surface area contributed by atoms with E-state index in [-0.39, 0.29) is 11.8 Å². The summed E-state index contributed by atoms with van der Waals surface area (Å²) in [6, 6.07) is 11.6. The van der Waals surface area contributed by atoms with Crippen LogP contribution in [0, 0.1) is 5.92 Å². The molecule has 10 heteroatoms. The molecule has 34 heavy (non-hydrogen) atoms. The number of rotatable bonds is 5. The number of carbonyl (C=O) groups is 1. The van der Waals surface area contributed by atoms with Gasteiger partial charge in [0.15, 0.2) is 10.8 Å². The number of hydrogen-bond donors (Lipinski definition) is 1. The van der Waals surface area contributed by atoms with Crippen LogP contribution in [0.3, 0.4) is 0 Å². The van der Waals surface area contributed by atoms with Gasteiger partial charge in [0.1, 0.15) is 12.1 Å². The van der Waals surface area contributed by atoms with Crippen molar-refractivity contribution < 1.29 is 4.79 Å². The van der Waals surface area contributed by atoms with Crippen LogP contribution in [-0.4, -0.2) is 48.1 Å². The van der Waals surface area contributed by atoms with Gasteiger partial charge in [-0.3, -0.25) is 9.20 Å². The van der Waals surface area contributed by atoms with Gasteiger partial charge in [-0.1, -0.05) is 12.1 Å². The second-order valence-corrected chi connectivity index (χ2v) is 9.13. The monoisotopic (exact) mass is 470 g/mol. The van der Waals surface area contributed by atoms with Gasteiger partial charge in [-0.25, -0.2) is 19.6 Å². The maximum atomic E-state index is 13.0. The molecule has 1 saturated heterocycles. The molecule has 1 fully saturated rings. The molecule has 5 aromatic rings. The van der Waals surface area contributed by atoms with Crippen molar-refractivity contribution in [2.24, 2.45) is 5.92 Å². The number of nitrogens with one attached hydrogen (secondary N) is 1. The predicted molar refractivity (Wildman–Crippen MR) is 131 cm³/mol. The number of nitrogens with zero attached hydrogens (tertiary/aromatic N) is 7. The maximum Gasteiger partial charge on any atom is 0.229 e. The lowest BCUT2D eigenvalue weighted by Gasteiger charge is -2.32. The van der Waals surface area contributed by atoms with Crippen molar-refractivity contribution in [2.75, 3.05) is 23.3 Å². The first-order valence-corrected chi connectivity index (χ1v) is 12.0. The highest BCUT2D eigenvalue weighted by molar-refractivity contribution is 7.15. The van der Waals surface area contributed by atoms with Gasteiger partial charge in [0.25, 0.3) is 0 Å². The van der Waals surface area contributed by atoms with Crippen molar-refractivity contribution >= 4 is 33.7 Å². The second-order valence-electron chi connectivity index (χ2n) is 8.26. The molecule has 170 valence electrons. The molecule has 1 unspecified atom stereocenters. The smallest absolute Gasteiger partial charge is 0.229 e. The highest BCUT2D eigenvalue weighted by Crippen LogP contribution is 2.26. The fourth-order valence-electron chi connectivity index (χ4n) is 4.27. The largest absolute Gasteiger partial charge is 0.356 e. The molecule has 4 aromatic heterocycles. The summed E-state index contributed by atoms with van der Waals surface area (Å²) in [4.78, 5) is 29.5. The minimum Gasteiger partial charge on any atom is -0.356 e. The molecular formula is C24H22N8OS. The number of amides is 1. The zero-order valence-electron chi connectivity index (χ0n) is 18.3. The quantitative estimate of drug-likeness (QED) is 0.419. The van der Waals surface area contributed by atoms with E-state index in [4.69, 9.17) is 0 Å². The first kappa shape index (κ1) is 20.5. The minimum absolute atomic E-state index is 0.0290. The Morgan fingerprint density at radius 2 is 2.00 bits per heavy atom. The average molecular weight is 471 g/mol. The summed E-state index contributed by atoms with van der Waals surface area (Å²) in [5.74, 6) is 1.43. The number of hydrogen-bond acceptors (Lipinski definition) is 7. The Balaban J connectivity index is 1.12. The lowest BCUT2D eigenvalue weighted by atomic mass is 9.97. The number of anilines is 2. The number of aromatic nitrogens is 6. The number of piperidine rings is 1. The van der Waals surface area contributed by atoms with Crippen molar-refractivity contribution in [3.8, 4) is 17.1 Å². The molecule has 6 rings (SSSR count). The van der Waals surface area contributed by atoms with E-state index in [0.29, 0.717) is 12.4 Å².